The molecule has 0 spiro atoms. The highest BCUT2D eigenvalue weighted by atomic mass is 16.5. The van der Waals surface area contributed by atoms with Crippen LogP contribution < -0.4 is 15.4 Å². The average molecular weight is 396 g/mol. The average Bonchev–Trinajstić information content (AvgIpc) is 2.74. The third-order valence-corrected chi connectivity index (χ3v) is 5.23. The van der Waals surface area contributed by atoms with Crippen molar-refractivity contribution in [3.8, 4) is 5.75 Å². The number of benzene rings is 2. The molecule has 0 bridgehead atoms. The van der Waals surface area contributed by atoms with Crippen molar-refractivity contribution in [3.05, 3.63) is 59.7 Å². The van der Waals surface area contributed by atoms with E-state index in [1.807, 2.05) is 12.1 Å². The number of rotatable bonds is 7. The number of likely N-dealkylation sites (tertiary alicyclic amines) is 1. The van der Waals surface area contributed by atoms with Crippen LogP contribution in [0.1, 0.15) is 48.1 Å². The van der Waals surface area contributed by atoms with Crippen LogP contribution in [0.5, 0.6) is 5.75 Å². The molecular weight excluding hydrogens is 366 g/mol. The van der Waals surface area contributed by atoms with Crippen molar-refractivity contribution in [2.75, 3.05) is 32.1 Å². The number of carbonyl (C=O) groups is 2. The van der Waals surface area contributed by atoms with E-state index >= 15 is 0 Å². The first-order chi connectivity index (χ1) is 14.1. The predicted octanol–water partition coefficient (Wildman–Crippen LogP) is 3.61. The molecule has 154 valence electrons. The smallest absolute Gasteiger partial charge is 0.251 e. The lowest BCUT2D eigenvalue weighted by Gasteiger charge is -2.35. The van der Waals surface area contributed by atoms with Crippen molar-refractivity contribution < 1.29 is 14.3 Å². The van der Waals surface area contributed by atoms with Crippen LogP contribution in [0.25, 0.3) is 0 Å². The number of nitrogens with zero attached hydrogens (tertiary/aromatic N) is 1. The topological polar surface area (TPSA) is 70.7 Å². The first kappa shape index (κ1) is 20.9. The van der Waals surface area contributed by atoms with Crippen molar-refractivity contribution >= 4 is 17.5 Å². The fourth-order valence-electron chi connectivity index (χ4n) is 3.75. The number of carbonyl (C=O) groups excluding carboxylic acids is 2. The first-order valence-corrected chi connectivity index (χ1v) is 10.1. The number of hydrogen-bond acceptors (Lipinski definition) is 4. The standard InChI is InChI=1S/C23H29N3O3/c1-17(27)25-20-8-6-7-19(15-20)23(28)24-16-22(26-13-4-3-5-14-26)18-9-11-21(29-2)12-10-18/h6-12,15,22H,3-5,13-14,16H2,1-2H3,(H,24,28)(H,25,27)/t22-/m1/s1. The fourth-order valence-corrected chi connectivity index (χ4v) is 3.75. The normalized spacial score (nSPS) is 15.4. The number of nitrogens with one attached hydrogen (secondary N) is 2. The second-order valence-electron chi connectivity index (χ2n) is 7.36. The van der Waals surface area contributed by atoms with E-state index < -0.39 is 0 Å². The highest BCUT2D eigenvalue weighted by Crippen LogP contribution is 2.26. The van der Waals surface area contributed by atoms with Gasteiger partial charge in [-0.2, -0.15) is 0 Å². The van der Waals surface area contributed by atoms with E-state index in [4.69, 9.17) is 4.74 Å². The van der Waals surface area contributed by atoms with Gasteiger partial charge in [0.25, 0.3) is 5.91 Å². The van der Waals surface area contributed by atoms with E-state index in [1.165, 1.54) is 31.7 Å². The Morgan fingerprint density at radius 3 is 2.45 bits per heavy atom. The van der Waals surface area contributed by atoms with Crippen molar-refractivity contribution in [1.82, 2.24) is 10.2 Å². The first-order valence-electron chi connectivity index (χ1n) is 10.1. The van der Waals surface area contributed by atoms with E-state index in [0.717, 1.165) is 18.8 Å². The summed E-state index contributed by atoms with van der Waals surface area (Å²) in [7, 11) is 1.66. The Morgan fingerprint density at radius 1 is 1.07 bits per heavy atom. The van der Waals surface area contributed by atoms with Gasteiger partial charge in [0.15, 0.2) is 0 Å². The molecule has 3 rings (SSSR count). The molecule has 0 aromatic heterocycles. The summed E-state index contributed by atoms with van der Waals surface area (Å²) >= 11 is 0. The Morgan fingerprint density at radius 2 is 1.79 bits per heavy atom. The van der Waals surface area contributed by atoms with Crippen LogP contribution >= 0.6 is 0 Å². The SMILES string of the molecule is COc1ccc([C@@H](CNC(=O)c2cccc(NC(C)=O)c2)N2CCCCC2)cc1. The number of methoxy groups -OCH3 is 1. The van der Waals surface area contributed by atoms with Gasteiger partial charge < -0.3 is 15.4 Å². The number of anilines is 1. The summed E-state index contributed by atoms with van der Waals surface area (Å²) in [4.78, 5) is 26.4. The summed E-state index contributed by atoms with van der Waals surface area (Å²) < 4.78 is 5.28. The molecule has 2 amide bonds. The molecule has 1 aliphatic heterocycles. The van der Waals surface area contributed by atoms with Crippen LogP contribution in [0.15, 0.2) is 48.5 Å². The quantitative estimate of drug-likeness (QED) is 0.751. The van der Waals surface area contributed by atoms with Crippen LogP contribution in [-0.2, 0) is 4.79 Å². The minimum absolute atomic E-state index is 0.115. The minimum atomic E-state index is -0.160. The number of amides is 2. The lowest BCUT2D eigenvalue weighted by atomic mass is 10.0. The summed E-state index contributed by atoms with van der Waals surface area (Å²) in [6.45, 7) is 4.04. The summed E-state index contributed by atoms with van der Waals surface area (Å²) in [5, 5.41) is 5.79. The molecule has 6 nitrogen and oxygen atoms in total. The van der Waals surface area contributed by atoms with E-state index in [9.17, 15) is 9.59 Å². The maximum absolute atomic E-state index is 12.7. The second-order valence-corrected chi connectivity index (χ2v) is 7.36. The van der Waals surface area contributed by atoms with Crippen molar-refractivity contribution in [2.45, 2.75) is 32.2 Å². The van der Waals surface area contributed by atoms with Gasteiger partial charge in [-0.3, -0.25) is 14.5 Å². The van der Waals surface area contributed by atoms with Crippen LogP contribution in [0.4, 0.5) is 5.69 Å². The fraction of sp³-hybridized carbons (Fsp3) is 0.391. The molecule has 1 fully saturated rings. The monoisotopic (exact) mass is 395 g/mol. The zero-order valence-electron chi connectivity index (χ0n) is 17.1. The van der Waals surface area contributed by atoms with Crippen molar-refractivity contribution in [3.63, 3.8) is 0 Å². The van der Waals surface area contributed by atoms with Crippen LogP contribution in [0, 0.1) is 0 Å². The van der Waals surface area contributed by atoms with E-state index in [0.29, 0.717) is 17.8 Å². The number of piperidine rings is 1. The maximum atomic E-state index is 12.7. The molecule has 2 N–H and O–H groups in total. The van der Waals surface area contributed by atoms with E-state index in [1.54, 1.807) is 31.4 Å². The van der Waals surface area contributed by atoms with Gasteiger partial charge in [0.05, 0.1) is 13.2 Å². The maximum Gasteiger partial charge on any atom is 0.251 e. The zero-order valence-corrected chi connectivity index (χ0v) is 17.1. The van der Waals surface area contributed by atoms with Crippen LogP contribution in [-0.4, -0.2) is 43.5 Å². The molecule has 2 aromatic carbocycles. The third kappa shape index (κ3) is 5.81. The predicted molar refractivity (Wildman–Crippen MR) is 114 cm³/mol. The lowest BCUT2D eigenvalue weighted by molar-refractivity contribution is -0.114. The molecule has 1 heterocycles. The number of hydrogen-bond donors (Lipinski definition) is 2. The Bertz CT molecular complexity index is 830. The van der Waals surface area contributed by atoms with Gasteiger partial charge >= 0.3 is 0 Å². The summed E-state index contributed by atoms with van der Waals surface area (Å²) in [6.07, 6.45) is 3.62. The molecule has 0 aliphatic carbocycles. The second kappa shape index (κ2) is 10.1. The molecular formula is C23H29N3O3. The van der Waals surface area contributed by atoms with Gasteiger partial charge in [0, 0.05) is 24.7 Å². The Kier molecular flexibility index (Phi) is 7.25. The molecule has 0 unspecified atom stereocenters. The highest BCUT2D eigenvalue weighted by molar-refractivity contribution is 5.96. The molecule has 0 radical (unpaired) electrons. The largest absolute Gasteiger partial charge is 0.497 e. The third-order valence-electron chi connectivity index (χ3n) is 5.23. The van der Waals surface area contributed by atoms with Crippen molar-refractivity contribution in [1.29, 1.82) is 0 Å². The lowest BCUT2D eigenvalue weighted by Crippen LogP contribution is -2.40. The molecule has 1 saturated heterocycles. The van der Waals surface area contributed by atoms with E-state index in [2.05, 4.69) is 27.7 Å². The van der Waals surface area contributed by atoms with Gasteiger partial charge in [-0.25, -0.2) is 0 Å². The Balaban J connectivity index is 1.71. The molecule has 29 heavy (non-hydrogen) atoms. The van der Waals surface area contributed by atoms with Crippen molar-refractivity contribution in [2.24, 2.45) is 0 Å². The van der Waals surface area contributed by atoms with Gasteiger partial charge in [-0.15, -0.1) is 0 Å². The summed E-state index contributed by atoms with van der Waals surface area (Å²) in [6, 6.07) is 15.2. The Labute approximate surface area is 172 Å². The van der Waals surface area contributed by atoms with Gasteiger partial charge in [0.1, 0.15) is 5.75 Å². The van der Waals surface area contributed by atoms with Crippen LogP contribution in [0.3, 0.4) is 0 Å². The van der Waals surface area contributed by atoms with E-state index in [-0.39, 0.29) is 17.9 Å². The summed E-state index contributed by atoms with van der Waals surface area (Å²) in [5.41, 5.74) is 2.32. The Hall–Kier alpha value is -2.86. The molecule has 2 aromatic rings. The zero-order chi connectivity index (χ0) is 20.6. The molecule has 6 heteroatoms. The summed E-state index contributed by atoms with van der Waals surface area (Å²) in [5.74, 6) is 0.518. The molecule has 1 atom stereocenters. The van der Waals surface area contributed by atoms with Gasteiger partial charge in [-0.05, 0) is 61.8 Å². The highest BCUT2D eigenvalue weighted by Gasteiger charge is 2.23. The molecule has 0 saturated carbocycles. The van der Waals surface area contributed by atoms with Crippen LogP contribution in [0.2, 0.25) is 0 Å². The molecule has 1 aliphatic rings. The van der Waals surface area contributed by atoms with Gasteiger partial charge in [-0.1, -0.05) is 24.6 Å². The minimum Gasteiger partial charge on any atom is -0.497 e. The number of ether oxygens (including phenoxy) is 1. The van der Waals surface area contributed by atoms with Gasteiger partial charge in [0.2, 0.25) is 5.91 Å².